The zero-order valence-electron chi connectivity index (χ0n) is 14.3. The van der Waals surface area contributed by atoms with Crippen LogP contribution in [0.15, 0.2) is 53.0 Å². The smallest absolute Gasteiger partial charge is 0.229 e. The number of piperidine rings is 1. The fraction of sp³-hybridized carbons (Fsp3) is 0.300. The number of nitrogens with one attached hydrogen (secondary N) is 1. The molecule has 1 aliphatic heterocycles. The number of halogens is 2. The average molecular weight is 419 g/mol. The highest BCUT2D eigenvalue weighted by atomic mass is 79.9. The van der Waals surface area contributed by atoms with Gasteiger partial charge in [-0.25, -0.2) is 4.39 Å². The van der Waals surface area contributed by atoms with E-state index in [9.17, 15) is 14.0 Å². The fourth-order valence-electron chi connectivity index (χ4n) is 3.13. The van der Waals surface area contributed by atoms with E-state index >= 15 is 0 Å². The van der Waals surface area contributed by atoms with Gasteiger partial charge in [-0.15, -0.1) is 0 Å². The number of hydrogen-bond donors (Lipinski definition) is 1. The second-order valence-electron chi connectivity index (χ2n) is 6.45. The SMILES string of the molecule is O=C(Nc1ccc(F)cc1Br)C1CCCN(C(=O)Cc2ccccc2)C1. The van der Waals surface area contributed by atoms with Crippen LogP contribution in [0.1, 0.15) is 18.4 Å². The molecule has 1 saturated heterocycles. The molecular weight excluding hydrogens is 399 g/mol. The molecular formula is C20H20BrFN2O2. The minimum atomic E-state index is -0.370. The lowest BCUT2D eigenvalue weighted by molar-refractivity contribution is -0.133. The standard InChI is InChI=1S/C20H20BrFN2O2/c21-17-12-16(22)8-9-18(17)23-20(26)15-7-4-10-24(13-15)19(25)11-14-5-2-1-3-6-14/h1-3,5-6,8-9,12,15H,4,7,10-11,13H2,(H,23,26). The molecule has 1 fully saturated rings. The number of benzene rings is 2. The largest absolute Gasteiger partial charge is 0.342 e. The Hall–Kier alpha value is -2.21. The molecule has 1 aliphatic rings. The van der Waals surface area contributed by atoms with Crippen LogP contribution >= 0.6 is 15.9 Å². The second-order valence-corrected chi connectivity index (χ2v) is 7.31. The quantitative estimate of drug-likeness (QED) is 0.815. The van der Waals surface area contributed by atoms with E-state index in [2.05, 4.69) is 21.2 Å². The Morgan fingerprint density at radius 2 is 1.96 bits per heavy atom. The molecule has 2 aromatic carbocycles. The summed E-state index contributed by atoms with van der Waals surface area (Å²) in [7, 11) is 0. The molecule has 1 heterocycles. The predicted molar refractivity (Wildman–Crippen MR) is 102 cm³/mol. The summed E-state index contributed by atoms with van der Waals surface area (Å²) in [6.45, 7) is 1.09. The number of hydrogen-bond acceptors (Lipinski definition) is 2. The van der Waals surface area contributed by atoms with Crippen molar-refractivity contribution in [1.82, 2.24) is 4.90 Å². The van der Waals surface area contributed by atoms with Gasteiger partial charge < -0.3 is 10.2 Å². The molecule has 2 amide bonds. The summed E-state index contributed by atoms with van der Waals surface area (Å²) < 4.78 is 13.7. The lowest BCUT2D eigenvalue weighted by atomic mass is 9.96. The molecule has 3 rings (SSSR count). The molecule has 1 N–H and O–H groups in total. The van der Waals surface area contributed by atoms with Crippen LogP contribution in [0.3, 0.4) is 0 Å². The molecule has 0 aromatic heterocycles. The van der Waals surface area contributed by atoms with E-state index in [1.807, 2.05) is 30.3 Å². The topological polar surface area (TPSA) is 49.4 Å². The van der Waals surface area contributed by atoms with Gasteiger partial charge in [0, 0.05) is 17.6 Å². The van der Waals surface area contributed by atoms with Gasteiger partial charge in [-0.1, -0.05) is 30.3 Å². The van der Waals surface area contributed by atoms with Crippen molar-refractivity contribution in [1.29, 1.82) is 0 Å². The van der Waals surface area contributed by atoms with Gasteiger partial charge >= 0.3 is 0 Å². The number of likely N-dealkylation sites (tertiary alicyclic amines) is 1. The van der Waals surface area contributed by atoms with Crippen molar-refractivity contribution in [3.05, 3.63) is 64.4 Å². The third kappa shape index (κ3) is 4.69. The van der Waals surface area contributed by atoms with Crippen molar-refractivity contribution >= 4 is 33.4 Å². The Balaban J connectivity index is 1.60. The van der Waals surface area contributed by atoms with Crippen LogP contribution in [-0.4, -0.2) is 29.8 Å². The first-order valence-electron chi connectivity index (χ1n) is 8.60. The second kappa shape index (κ2) is 8.45. The van der Waals surface area contributed by atoms with Crippen molar-refractivity contribution in [2.24, 2.45) is 5.92 Å². The zero-order valence-corrected chi connectivity index (χ0v) is 15.8. The van der Waals surface area contributed by atoms with E-state index < -0.39 is 0 Å². The maximum Gasteiger partial charge on any atom is 0.229 e. The van der Waals surface area contributed by atoms with Gasteiger partial charge in [-0.2, -0.15) is 0 Å². The number of rotatable bonds is 4. The Morgan fingerprint density at radius 3 is 2.69 bits per heavy atom. The van der Waals surface area contributed by atoms with E-state index in [0.29, 0.717) is 29.7 Å². The van der Waals surface area contributed by atoms with Crippen molar-refractivity contribution < 1.29 is 14.0 Å². The summed E-state index contributed by atoms with van der Waals surface area (Å²) >= 11 is 3.25. The highest BCUT2D eigenvalue weighted by molar-refractivity contribution is 9.10. The first-order valence-corrected chi connectivity index (χ1v) is 9.40. The molecule has 1 unspecified atom stereocenters. The van der Waals surface area contributed by atoms with Crippen molar-refractivity contribution in [3.8, 4) is 0 Å². The van der Waals surface area contributed by atoms with Crippen LogP contribution in [-0.2, 0) is 16.0 Å². The first kappa shape index (κ1) is 18.6. The van der Waals surface area contributed by atoms with Crippen molar-refractivity contribution in [2.75, 3.05) is 18.4 Å². The molecule has 4 nitrogen and oxygen atoms in total. The van der Waals surface area contributed by atoms with Crippen LogP contribution in [0.2, 0.25) is 0 Å². The first-order chi connectivity index (χ1) is 12.5. The van der Waals surface area contributed by atoms with E-state index in [1.54, 1.807) is 4.90 Å². The molecule has 1 atom stereocenters. The van der Waals surface area contributed by atoms with E-state index in [-0.39, 0.29) is 23.5 Å². The lowest BCUT2D eigenvalue weighted by Gasteiger charge is -2.32. The summed E-state index contributed by atoms with van der Waals surface area (Å²) in [5.74, 6) is -0.739. The molecule has 26 heavy (non-hydrogen) atoms. The minimum Gasteiger partial charge on any atom is -0.342 e. The molecule has 0 radical (unpaired) electrons. The van der Waals surface area contributed by atoms with Gasteiger partial charge in [0.15, 0.2) is 0 Å². The van der Waals surface area contributed by atoms with Gasteiger partial charge in [0.05, 0.1) is 18.0 Å². The molecule has 0 spiro atoms. The molecule has 136 valence electrons. The number of anilines is 1. The number of nitrogens with zero attached hydrogens (tertiary/aromatic N) is 1. The summed E-state index contributed by atoms with van der Waals surface area (Å²) in [5, 5.41) is 2.83. The van der Waals surface area contributed by atoms with Gasteiger partial charge in [0.2, 0.25) is 11.8 Å². The molecule has 0 saturated carbocycles. The van der Waals surface area contributed by atoms with Gasteiger partial charge in [-0.3, -0.25) is 9.59 Å². The number of amides is 2. The normalized spacial score (nSPS) is 17.0. The fourth-order valence-corrected chi connectivity index (χ4v) is 3.58. The van der Waals surface area contributed by atoms with Crippen LogP contribution in [0.25, 0.3) is 0 Å². The van der Waals surface area contributed by atoms with Crippen molar-refractivity contribution in [2.45, 2.75) is 19.3 Å². The monoisotopic (exact) mass is 418 g/mol. The van der Waals surface area contributed by atoms with Gasteiger partial charge in [0.25, 0.3) is 0 Å². The maximum absolute atomic E-state index is 13.2. The molecule has 6 heteroatoms. The van der Waals surface area contributed by atoms with Crippen LogP contribution in [0.4, 0.5) is 10.1 Å². The minimum absolute atomic E-state index is 0.0386. The molecule has 2 aromatic rings. The van der Waals surface area contributed by atoms with Gasteiger partial charge in [-0.05, 0) is 52.5 Å². The third-order valence-corrected chi connectivity index (χ3v) is 5.19. The summed E-state index contributed by atoms with van der Waals surface area (Å²) in [4.78, 5) is 26.9. The summed E-state index contributed by atoms with van der Waals surface area (Å²) in [6.07, 6.45) is 1.88. The van der Waals surface area contributed by atoms with Gasteiger partial charge in [0.1, 0.15) is 5.82 Å². The lowest BCUT2D eigenvalue weighted by Crippen LogP contribution is -2.44. The highest BCUT2D eigenvalue weighted by Gasteiger charge is 2.28. The molecule has 0 aliphatic carbocycles. The number of carbonyl (C=O) groups is 2. The van der Waals surface area contributed by atoms with Crippen molar-refractivity contribution in [3.63, 3.8) is 0 Å². The van der Waals surface area contributed by atoms with Crippen LogP contribution < -0.4 is 5.32 Å². The average Bonchev–Trinajstić information content (AvgIpc) is 2.65. The van der Waals surface area contributed by atoms with E-state index in [4.69, 9.17) is 0 Å². The Labute approximate surface area is 160 Å². The highest BCUT2D eigenvalue weighted by Crippen LogP contribution is 2.25. The Bertz CT molecular complexity index is 798. The van der Waals surface area contributed by atoms with Crippen LogP contribution in [0.5, 0.6) is 0 Å². The zero-order chi connectivity index (χ0) is 18.5. The summed E-state index contributed by atoms with van der Waals surface area (Å²) in [5.41, 5.74) is 1.50. The Kier molecular flexibility index (Phi) is 6.04. The van der Waals surface area contributed by atoms with Crippen LogP contribution in [0, 0.1) is 11.7 Å². The van der Waals surface area contributed by atoms with E-state index in [0.717, 1.165) is 18.4 Å². The number of carbonyl (C=O) groups excluding carboxylic acids is 2. The maximum atomic E-state index is 13.2. The van der Waals surface area contributed by atoms with E-state index in [1.165, 1.54) is 18.2 Å². The third-order valence-electron chi connectivity index (χ3n) is 4.53. The predicted octanol–water partition coefficient (Wildman–Crippen LogP) is 4.01. The summed E-state index contributed by atoms with van der Waals surface area (Å²) in [6, 6.07) is 13.7. The molecule has 0 bridgehead atoms. The Morgan fingerprint density at radius 1 is 1.19 bits per heavy atom.